The van der Waals surface area contributed by atoms with E-state index in [9.17, 15) is 31.5 Å². The summed E-state index contributed by atoms with van der Waals surface area (Å²) < 4.78 is 79.4. The number of nitrogens with zero attached hydrogens (tertiary/aromatic N) is 9. The van der Waals surface area contributed by atoms with Gasteiger partial charge in [-0.05, 0) is 72.6 Å². The number of aromatic nitrogens is 4. The van der Waals surface area contributed by atoms with Crippen LogP contribution in [0.4, 0.5) is 37.4 Å². The largest absolute Gasteiger partial charge is 0.499 e. The van der Waals surface area contributed by atoms with E-state index in [0.717, 1.165) is 11.3 Å². The Morgan fingerprint density at radius 1 is 0.897 bits per heavy atom. The van der Waals surface area contributed by atoms with Crippen molar-refractivity contribution in [2.45, 2.75) is 84.6 Å². The normalized spacial score (nSPS) is 10.5. The lowest BCUT2D eigenvalue weighted by Gasteiger charge is -2.21. The molecule has 0 saturated carbocycles. The van der Waals surface area contributed by atoms with Crippen LogP contribution in [-0.4, -0.2) is 73.7 Å². The third kappa shape index (κ3) is 20.8. The molecule has 318 valence electrons. The highest BCUT2D eigenvalue weighted by molar-refractivity contribution is 5.85. The van der Waals surface area contributed by atoms with Crippen molar-refractivity contribution in [2.75, 3.05) is 19.4 Å². The molecule has 7 N–H and O–H groups in total. The topological polar surface area (TPSA) is 286 Å². The highest BCUT2D eigenvalue weighted by atomic mass is 19.4. The Morgan fingerprint density at radius 2 is 1.41 bits per heavy atom. The summed E-state index contributed by atoms with van der Waals surface area (Å²) in [5.74, 6) is 5.52. The zero-order chi connectivity index (χ0) is 45.7. The fourth-order valence-corrected chi connectivity index (χ4v) is 3.40. The summed E-state index contributed by atoms with van der Waals surface area (Å²) in [4.78, 5) is 21.1. The lowest BCUT2D eigenvalue weighted by Crippen LogP contribution is -2.38. The van der Waals surface area contributed by atoms with Gasteiger partial charge in [0.25, 0.3) is 0 Å². The van der Waals surface area contributed by atoms with Gasteiger partial charge in [0.15, 0.2) is 5.57 Å². The van der Waals surface area contributed by atoms with Gasteiger partial charge in [0, 0.05) is 33.0 Å². The van der Waals surface area contributed by atoms with E-state index in [-0.39, 0.29) is 16.7 Å². The summed E-state index contributed by atoms with van der Waals surface area (Å²) >= 11 is 0. The average molecular weight is 826 g/mol. The number of aryl methyl sites for hydroxylation is 3. The van der Waals surface area contributed by atoms with E-state index >= 15 is 0 Å². The number of nitriles is 4. The first-order chi connectivity index (χ1) is 26.5. The molecular weight excluding hydrogens is 777 g/mol. The summed E-state index contributed by atoms with van der Waals surface area (Å²) in [6.07, 6.45) is -4.50. The van der Waals surface area contributed by atoms with Crippen molar-refractivity contribution < 1.29 is 45.8 Å². The van der Waals surface area contributed by atoms with Gasteiger partial charge in [0.05, 0.1) is 36.1 Å². The maximum atomic E-state index is 12.9. The van der Waals surface area contributed by atoms with Gasteiger partial charge in [-0.15, -0.1) is 0 Å². The van der Waals surface area contributed by atoms with Crippen LogP contribution in [0.2, 0.25) is 0 Å². The molecule has 0 aliphatic rings. The van der Waals surface area contributed by atoms with Crippen LogP contribution in [0.25, 0.3) is 10.9 Å². The molecule has 2 aromatic heterocycles. The minimum atomic E-state index is -5.57. The number of ether oxygens (including phenoxy) is 3. The van der Waals surface area contributed by atoms with Gasteiger partial charge in [-0.1, -0.05) is 0 Å². The molecular formula is C35H48F5N13O5. The Labute approximate surface area is 332 Å². The van der Waals surface area contributed by atoms with Gasteiger partial charge < -0.3 is 19.9 Å². The number of anilines is 1. The van der Waals surface area contributed by atoms with Crippen molar-refractivity contribution in [2.24, 2.45) is 25.8 Å². The second-order valence-corrected chi connectivity index (χ2v) is 13.3. The number of hydrogen-bond donors (Lipinski definition) is 4. The number of fused-ring (bicyclic) bond motifs is 1. The lowest BCUT2D eigenvalue weighted by atomic mass is 10.0. The molecule has 0 saturated heterocycles. The van der Waals surface area contributed by atoms with Crippen LogP contribution in [0.5, 0.6) is 0 Å². The molecule has 3 rings (SSSR count). The molecule has 0 atom stereocenters. The molecule has 0 bridgehead atoms. The molecule has 1 aromatic carbocycles. The van der Waals surface area contributed by atoms with Gasteiger partial charge in [-0.2, -0.15) is 53.2 Å². The van der Waals surface area contributed by atoms with E-state index in [2.05, 4.69) is 14.9 Å². The molecule has 0 spiro atoms. The number of halogens is 5. The van der Waals surface area contributed by atoms with Crippen LogP contribution in [0, 0.1) is 45.3 Å². The third-order valence-electron chi connectivity index (χ3n) is 6.10. The number of nitrogens with one attached hydrogen (secondary N) is 1. The quantitative estimate of drug-likeness (QED) is 0.0616. The van der Waals surface area contributed by atoms with Crippen LogP contribution in [0.1, 0.15) is 71.6 Å². The number of amides is 2. The van der Waals surface area contributed by atoms with Crippen LogP contribution in [0.15, 0.2) is 36.4 Å². The van der Waals surface area contributed by atoms with Crippen LogP contribution >= 0.6 is 0 Å². The maximum Gasteiger partial charge on any atom is 0.453 e. The summed E-state index contributed by atoms with van der Waals surface area (Å²) in [7, 11) is 4.72. The van der Waals surface area contributed by atoms with E-state index in [1.807, 2.05) is 17.6 Å². The van der Waals surface area contributed by atoms with Crippen molar-refractivity contribution in [3.8, 4) is 24.3 Å². The highest BCUT2D eigenvalue weighted by Crippen LogP contribution is 2.39. The summed E-state index contributed by atoms with van der Waals surface area (Å²) in [5, 5.41) is 42.8. The van der Waals surface area contributed by atoms with Crippen LogP contribution in [0.3, 0.4) is 0 Å². The van der Waals surface area contributed by atoms with Crippen LogP contribution < -0.4 is 22.8 Å². The van der Waals surface area contributed by atoms with Gasteiger partial charge in [-0.25, -0.2) is 26.3 Å². The molecule has 23 heteroatoms. The number of alkyl halides is 5. The number of carbonyl (C=O) groups excluding carboxylic acids is 2. The molecule has 3 aromatic rings. The first kappa shape index (κ1) is 53.4. The Morgan fingerprint density at radius 3 is 1.74 bits per heavy atom. The second-order valence-electron chi connectivity index (χ2n) is 13.3. The SMILES string of the molecule is CC(C)(C)OC(=O)NN.CCOC=C(C#N)C#N.CN(N)C(=O)OC(C)(C)C.Cn1ncc(C#N)c1N.Cn1ncc2c(C#N)cc(CCC(F)(F)C(F)(F)F)cc21. The van der Waals surface area contributed by atoms with E-state index in [1.165, 1.54) is 40.9 Å². The number of hydrazine groups is 2. The Balaban J connectivity index is 0. The minimum Gasteiger partial charge on any atom is -0.499 e. The Hall–Kier alpha value is -6.69. The van der Waals surface area contributed by atoms with E-state index in [4.69, 9.17) is 47.9 Å². The Bertz CT molecular complexity index is 1970. The number of hydrogen-bond acceptors (Lipinski definition) is 14. The second kappa shape index (κ2) is 24.1. The van der Waals surface area contributed by atoms with Crippen LogP contribution in [-0.2, 0) is 34.7 Å². The minimum absolute atomic E-state index is 0.00292. The predicted molar refractivity (Wildman–Crippen MR) is 200 cm³/mol. The number of carbonyl (C=O) groups is 2. The Kier molecular flexibility index (Phi) is 22.2. The number of allylic oxidation sites excluding steroid dienone is 1. The molecule has 0 fully saturated rings. The van der Waals surface area contributed by atoms with Crippen molar-refractivity contribution in [3.05, 3.63) is 53.1 Å². The number of nitrogens with two attached hydrogens (primary N) is 3. The highest BCUT2D eigenvalue weighted by Gasteiger charge is 2.56. The van der Waals surface area contributed by atoms with E-state index in [1.54, 1.807) is 74.7 Å². The molecule has 18 nitrogen and oxygen atoms in total. The average Bonchev–Trinajstić information content (AvgIpc) is 3.66. The molecule has 2 heterocycles. The summed E-state index contributed by atoms with van der Waals surface area (Å²) in [6.45, 7) is 12.9. The van der Waals surface area contributed by atoms with Gasteiger partial charge in [0.2, 0.25) is 0 Å². The number of benzene rings is 1. The van der Waals surface area contributed by atoms with Crippen molar-refractivity contribution in [3.63, 3.8) is 0 Å². The standard InChI is InChI=1S/C13H10F5N3.C6H14N2O2.C6H6N2O.C5H6N4.C5H12N2O2/c1-21-11-5-8(2-3-12(14,15)13(16,17)18)4-9(6-19)10(11)7-20-21;1-6(2,3)10-5(9)8(4)7;1-2-9-5-6(3-7)4-8;1-9-5(7)4(2-6)3-8-9;1-5(2,3)9-4(8)7-6/h4-5,7H,2-3H2,1H3;7H2,1-4H3;5H,2H2,1H3;3H,7H2,1H3;6H2,1-3H3,(H,7,8). The van der Waals surface area contributed by atoms with Gasteiger partial charge in [-0.3, -0.25) is 14.8 Å². The lowest BCUT2D eigenvalue weighted by molar-refractivity contribution is -0.284. The van der Waals surface area contributed by atoms with Gasteiger partial charge >= 0.3 is 24.3 Å². The third-order valence-corrected chi connectivity index (χ3v) is 6.10. The molecule has 0 unspecified atom stereocenters. The zero-order valence-electron chi connectivity index (χ0n) is 33.7. The maximum absolute atomic E-state index is 12.9. The molecule has 0 aliphatic carbocycles. The molecule has 0 radical (unpaired) electrons. The zero-order valence-corrected chi connectivity index (χ0v) is 33.7. The first-order valence-corrected chi connectivity index (χ1v) is 16.5. The van der Waals surface area contributed by atoms with Crippen molar-refractivity contribution in [1.82, 2.24) is 30.0 Å². The first-order valence-electron chi connectivity index (χ1n) is 16.5. The molecule has 58 heavy (non-hydrogen) atoms. The fraction of sp³-hybridized carbons (Fsp3) is 0.486. The smallest absolute Gasteiger partial charge is 0.453 e. The molecule has 0 aliphatic heterocycles. The van der Waals surface area contributed by atoms with E-state index < -0.39 is 48.3 Å². The number of rotatable bonds is 5. The fourth-order valence-electron chi connectivity index (χ4n) is 3.40. The summed E-state index contributed by atoms with van der Waals surface area (Å²) in [6, 6.07) is 9.90. The van der Waals surface area contributed by atoms with Crippen molar-refractivity contribution in [1.29, 1.82) is 21.0 Å². The van der Waals surface area contributed by atoms with Gasteiger partial charge in [0.1, 0.15) is 47.1 Å². The monoisotopic (exact) mass is 825 g/mol. The predicted octanol–water partition coefficient (Wildman–Crippen LogP) is 5.51. The number of nitrogen functional groups attached to an aromatic ring is 1. The van der Waals surface area contributed by atoms with Crippen molar-refractivity contribution >= 4 is 28.9 Å². The molecule has 2 amide bonds. The summed E-state index contributed by atoms with van der Waals surface area (Å²) in [5.41, 5.74) is 7.70. The van der Waals surface area contributed by atoms with E-state index in [0.29, 0.717) is 28.9 Å².